The van der Waals surface area contributed by atoms with Crippen LogP contribution in [0.5, 0.6) is 5.75 Å². The minimum Gasteiger partial charge on any atom is -0.497 e. The Labute approximate surface area is 186 Å². The lowest BCUT2D eigenvalue weighted by Gasteiger charge is -2.34. The maximum absolute atomic E-state index is 13.8. The minimum absolute atomic E-state index is 0.127. The molecule has 31 heavy (non-hydrogen) atoms. The number of carbonyl (C=O) groups excluding carboxylic acids is 2. The molecule has 1 saturated heterocycles. The third-order valence-corrected chi connectivity index (χ3v) is 5.61. The average Bonchev–Trinajstić information content (AvgIpc) is 2.78. The molecule has 2 aromatic rings. The van der Waals surface area contributed by atoms with Crippen molar-refractivity contribution in [1.29, 1.82) is 0 Å². The van der Waals surface area contributed by atoms with Crippen LogP contribution >= 0.6 is 11.6 Å². The maximum atomic E-state index is 13.8. The number of methoxy groups -OCH3 is 1. The molecule has 2 aromatic carbocycles. The van der Waals surface area contributed by atoms with Crippen molar-refractivity contribution in [2.24, 2.45) is 0 Å². The second-order valence-corrected chi connectivity index (χ2v) is 7.93. The summed E-state index contributed by atoms with van der Waals surface area (Å²) in [5.74, 6) is 0.145. The van der Waals surface area contributed by atoms with Crippen molar-refractivity contribution in [2.75, 3.05) is 45.2 Å². The van der Waals surface area contributed by atoms with Crippen LogP contribution in [0.2, 0.25) is 5.02 Å². The fourth-order valence-corrected chi connectivity index (χ4v) is 3.64. The highest BCUT2D eigenvalue weighted by Gasteiger charge is 2.21. The van der Waals surface area contributed by atoms with E-state index in [1.807, 2.05) is 29.2 Å². The number of nitrogens with one attached hydrogen (secondary N) is 1. The molecule has 1 aliphatic rings. The Balaban J connectivity index is 1.35. The first-order valence-electron chi connectivity index (χ1n) is 10.3. The predicted molar refractivity (Wildman–Crippen MR) is 119 cm³/mol. The van der Waals surface area contributed by atoms with E-state index in [0.29, 0.717) is 32.5 Å². The Morgan fingerprint density at radius 1 is 1.06 bits per heavy atom. The summed E-state index contributed by atoms with van der Waals surface area (Å²) in [5, 5.41) is 2.86. The molecular weight excluding hydrogens is 421 g/mol. The summed E-state index contributed by atoms with van der Waals surface area (Å²) >= 11 is 5.72. The Hall–Kier alpha value is -2.64. The van der Waals surface area contributed by atoms with Crippen LogP contribution in [0, 0.1) is 5.82 Å². The molecule has 0 saturated carbocycles. The van der Waals surface area contributed by atoms with Gasteiger partial charge in [0.15, 0.2) is 0 Å². The van der Waals surface area contributed by atoms with E-state index in [9.17, 15) is 14.0 Å². The summed E-state index contributed by atoms with van der Waals surface area (Å²) in [6, 6.07) is 11.9. The summed E-state index contributed by atoms with van der Waals surface area (Å²) in [5.41, 5.74) is 1.23. The lowest BCUT2D eigenvalue weighted by atomic mass is 10.1. The number of hydrogen-bond donors (Lipinski definition) is 1. The molecular formula is C23H27ClFN3O3. The highest BCUT2D eigenvalue weighted by atomic mass is 35.5. The number of anilines is 1. The Morgan fingerprint density at radius 3 is 2.42 bits per heavy atom. The number of benzene rings is 2. The molecule has 0 atom stereocenters. The zero-order valence-corrected chi connectivity index (χ0v) is 18.3. The number of piperazine rings is 1. The standard InChI is InChI=1S/C23H27ClFN3O3/c1-31-19-6-2-17(3-7-19)4-9-23(30)28-14-12-27(13-15-28)11-10-22(29)26-21-8-5-18(24)16-20(21)25/h2-3,5-8,16H,4,9-15H2,1H3,(H,26,29). The first kappa shape index (κ1) is 23.0. The lowest BCUT2D eigenvalue weighted by Crippen LogP contribution is -2.49. The topological polar surface area (TPSA) is 61.9 Å². The van der Waals surface area contributed by atoms with E-state index in [4.69, 9.17) is 16.3 Å². The fourth-order valence-electron chi connectivity index (χ4n) is 3.49. The number of rotatable bonds is 8. The van der Waals surface area contributed by atoms with E-state index < -0.39 is 5.82 Å². The van der Waals surface area contributed by atoms with Crippen LogP contribution in [0.4, 0.5) is 10.1 Å². The lowest BCUT2D eigenvalue weighted by molar-refractivity contribution is -0.133. The van der Waals surface area contributed by atoms with Gasteiger partial charge in [0, 0.05) is 50.6 Å². The van der Waals surface area contributed by atoms with Gasteiger partial charge in [-0.2, -0.15) is 0 Å². The third kappa shape index (κ3) is 6.94. The number of halogens is 2. The van der Waals surface area contributed by atoms with Crippen LogP contribution in [0.3, 0.4) is 0 Å². The molecule has 1 aliphatic heterocycles. The van der Waals surface area contributed by atoms with E-state index in [2.05, 4.69) is 10.2 Å². The molecule has 0 aromatic heterocycles. The van der Waals surface area contributed by atoms with Gasteiger partial charge in [-0.3, -0.25) is 14.5 Å². The Morgan fingerprint density at radius 2 is 1.77 bits per heavy atom. The highest BCUT2D eigenvalue weighted by Crippen LogP contribution is 2.19. The molecule has 0 bridgehead atoms. The van der Waals surface area contributed by atoms with Crippen LogP contribution < -0.4 is 10.1 Å². The van der Waals surface area contributed by atoms with E-state index in [1.54, 1.807) is 7.11 Å². The number of amides is 2. The number of hydrogen-bond acceptors (Lipinski definition) is 4. The van der Waals surface area contributed by atoms with Crippen molar-refractivity contribution in [3.8, 4) is 5.75 Å². The van der Waals surface area contributed by atoms with E-state index in [-0.39, 0.29) is 28.9 Å². The third-order valence-electron chi connectivity index (χ3n) is 5.37. The molecule has 0 aliphatic carbocycles. The van der Waals surface area contributed by atoms with E-state index >= 15 is 0 Å². The Kier molecular flexibility index (Phi) is 8.26. The van der Waals surface area contributed by atoms with Crippen molar-refractivity contribution in [2.45, 2.75) is 19.3 Å². The van der Waals surface area contributed by atoms with Gasteiger partial charge in [-0.25, -0.2) is 4.39 Å². The summed E-state index contributed by atoms with van der Waals surface area (Å²) in [7, 11) is 1.63. The second-order valence-electron chi connectivity index (χ2n) is 7.49. The monoisotopic (exact) mass is 447 g/mol. The van der Waals surface area contributed by atoms with Gasteiger partial charge in [0.05, 0.1) is 12.8 Å². The number of ether oxygens (including phenoxy) is 1. The van der Waals surface area contributed by atoms with Gasteiger partial charge in [0.2, 0.25) is 11.8 Å². The van der Waals surface area contributed by atoms with Crippen LogP contribution in [0.25, 0.3) is 0 Å². The van der Waals surface area contributed by atoms with Gasteiger partial charge in [-0.1, -0.05) is 23.7 Å². The summed E-state index contributed by atoms with van der Waals surface area (Å²) in [6.45, 7) is 3.30. The van der Waals surface area contributed by atoms with Gasteiger partial charge in [0.25, 0.3) is 0 Å². The van der Waals surface area contributed by atoms with Crippen LogP contribution in [-0.2, 0) is 16.0 Å². The molecule has 1 heterocycles. The quantitative estimate of drug-likeness (QED) is 0.671. The molecule has 1 N–H and O–H groups in total. The molecule has 0 spiro atoms. The number of carbonyl (C=O) groups is 2. The molecule has 1 fully saturated rings. The summed E-state index contributed by atoms with van der Waals surface area (Å²) in [4.78, 5) is 28.6. The molecule has 166 valence electrons. The smallest absolute Gasteiger partial charge is 0.225 e. The van der Waals surface area contributed by atoms with Crippen molar-refractivity contribution in [3.05, 3.63) is 58.9 Å². The summed E-state index contributed by atoms with van der Waals surface area (Å²) in [6.07, 6.45) is 1.43. The number of aryl methyl sites for hydroxylation is 1. The maximum Gasteiger partial charge on any atom is 0.225 e. The van der Waals surface area contributed by atoms with Crippen molar-refractivity contribution in [3.63, 3.8) is 0 Å². The molecule has 0 radical (unpaired) electrons. The SMILES string of the molecule is COc1ccc(CCC(=O)N2CCN(CCC(=O)Nc3ccc(Cl)cc3F)CC2)cc1. The van der Waals surface area contributed by atoms with Crippen LogP contribution in [0.1, 0.15) is 18.4 Å². The highest BCUT2D eigenvalue weighted by molar-refractivity contribution is 6.30. The van der Waals surface area contributed by atoms with Gasteiger partial charge in [-0.05, 0) is 42.3 Å². The van der Waals surface area contributed by atoms with Gasteiger partial charge in [0.1, 0.15) is 11.6 Å². The molecule has 0 unspecified atom stereocenters. The molecule has 8 heteroatoms. The molecule has 3 rings (SSSR count). The first-order chi connectivity index (χ1) is 14.9. The summed E-state index contributed by atoms with van der Waals surface area (Å²) < 4.78 is 18.9. The predicted octanol–water partition coefficient (Wildman–Crippen LogP) is 3.59. The minimum atomic E-state index is -0.553. The van der Waals surface area contributed by atoms with Gasteiger partial charge in [-0.15, -0.1) is 0 Å². The second kappa shape index (κ2) is 11.1. The normalized spacial score (nSPS) is 14.4. The van der Waals surface area contributed by atoms with Gasteiger partial charge >= 0.3 is 0 Å². The first-order valence-corrected chi connectivity index (χ1v) is 10.7. The van der Waals surface area contributed by atoms with E-state index in [1.165, 1.54) is 18.2 Å². The van der Waals surface area contributed by atoms with Crippen molar-refractivity contribution < 1.29 is 18.7 Å². The number of nitrogens with zero attached hydrogens (tertiary/aromatic N) is 2. The van der Waals surface area contributed by atoms with Crippen molar-refractivity contribution >= 4 is 29.1 Å². The molecule has 6 nitrogen and oxygen atoms in total. The van der Waals surface area contributed by atoms with E-state index in [0.717, 1.165) is 24.4 Å². The average molecular weight is 448 g/mol. The Bertz CT molecular complexity index is 899. The van der Waals surface area contributed by atoms with Crippen molar-refractivity contribution in [1.82, 2.24) is 9.80 Å². The van der Waals surface area contributed by atoms with Crippen LogP contribution in [-0.4, -0.2) is 61.4 Å². The van der Waals surface area contributed by atoms with Crippen LogP contribution in [0.15, 0.2) is 42.5 Å². The zero-order valence-electron chi connectivity index (χ0n) is 17.6. The van der Waals surface area contributed by atoms with Gasteiger partial charge < -0.3 is 15.0 Å². The molecule has 2 amide bonds. The fraction of sp³-hybridized carbons (Fsp3) is 0.391. The largest absolute Gasteiger partial charge is 0.497 e. The zero-order chi connectivity index (χ0) is 22.2.